The average Bonchev–Trinajstić information content (AvgIpc) is 2.03. The summed E-state index contributed by atoms with van der Waals surface area (Å²) in [6.07, 6.45) is 2.11. The quantitative estimate of drug-likeness (QED) is 0.500. The van der Waals surface area contributed by atoms with Gasteiger partial charge in [0.1, 0.15) is 0 Å². The third kappa shape index (κ3) is 2.22. The first-order valence-corrected chi connectivity index (χ1v) is 4.65. The Kier molecular flexibility index (Phi) is 2.74. The standard InChI is InChI=1S/C10H18N2/c1-10(2,3)12-7-5-9(11-4)6-8-12/h9H,5-8H2,1-3H3. The van der Waals surface area contributed by atoms with E-state index in [-0.39, 0.29) is 5.54 Å². The molecule has 0 atom stereocenters. The van der Waals surface area contributed by atoms with E-state index in [0.29, 0.717) is 6.04 Å². The summed E-state index contributed by atoms with van der Waals surface area (Å²) >= 11 is 0. The molecule has 12 heavy (non-hydrogen) atoms. The van der Waals surface area contributed by atoms with Crippen molar-refractivity contribution in [3.8, 4) is 0 Å². The molecule has 1 rings (SSSR count). The summed E-state index contributed by atoms with van der Waals surface area (Å²) in [6, 6.07) is 0.295. The van der Waals surface area contributed by atoms with Gasteiger partial charge in [-0.05, 0) is 20.8 Å². The molecule has 0 aromatic carbocycles. The van der Waals surface area contributed by atoms with Crippen LogP contribution in [0.1, 0.15) is 33.6 Å². The van der Waals surface area contributed by atoms with Crippen molar-refractivity contribution < 1.29 is 0 Å². The minimum atomic E-state index is 0.285. The molecule has 0 radical (unpaired) electrons. The van der Waals surface area contributed by atoms with E-state index in [4.69, 9.17) is 6.57 Å². The third-order valence-electron chi connectivity index (χ3n) is 2.60. The molecule has 0 N–H and O–H groups in total. The summed E-state index contributed by atoms with van der Waals surface area (Å²) in [5.41, 5.74) is 0.285. The first-order valence-electron chi connectivity index (χ1n) is 4.65. The summed E-state index contributed by atoms with van der Waals surface area (Å²) in [6.45, 7) is 15.8. The van der Waals surface area contributed by atoms with Gasteiger partial charge in [-0.25, -0.2) is 6.57 Å². The van der Waals surface area contributed by atoms with E-state index in [1.165, 1.54) is 0 Å². The topological polar surface area (TPSA) is 7.60 Å². The second kappa shape index (κ2) is 3.45. The zero-order valence-electron chi connectivity index (χ0n) is 8.30. The molecule has 0 amide bonds. The lowest BCUT2D eigenvalue weighted by atomic mass is 9.99. The van der Waals surface area contributed by atoms with Crippen LogP contribution in [0.3, 0.4) is 0 Å². The van der Waals surface area contributed by atoms with Gasteiger partial charge in [-0.1, -0.05) is 0 Å². The van der Waals surface area contributed by atoms with Gasteiger partial charge in [-0.2, -0.15) is 0 Å². The van der Waals surface area contributed by atoms with Gasteiger partial charge in [0.05, 0.1) is 0 Å². The molecule has 2 nitrogen and oxygen atoms in total. The van der Waals surface area contributed by atoms with Gasteiger partial charge < -0.3 is 4.85 Å². The van der Waals surface area contributed by atoms with E-state index < -0.39 is 0 Å². The molecular weight excluding hydrogens is 148 g/mol. The maximum Gasteiger partial charge on any atom is 0.226 e. The summed E-state index contributed by atoms with van der Waals surface area (Å²) in [5, 5.41) is 0. The lowest BCUT2D eigenvalue weighted by molar-refractivity contribution is 0.108. The van der Waals surface area contributed by atoms with Crippen LogP contribution < -0.4 is 0 Å². The van der Waals surface area contributed by atoms with Gasteiger partial charge in [0.25, 0.3) is 0 Å². The molecule has 0 aromatic heterocycles. The van der Waals surface area contributed by atoms with Crippen LogP contribution in [0.15, 0.2) is 0 Å². The Bertz CT molecular complexity index is 177. The van der Waals surface area contributed by atoms with Gasteiger partial charge >= 0.3 is 0 Å². The zero-order valence-corrected chi connectivity index (χ0v) is 8.30. The first kappa shape index (κ1) is 9.54. The van der Waals surface area contributed by atoms with Gasteiger partial charge in [-0.15, -0.1) is 0 Å². The minimum Gasteiger partial charge on any atom is -0.314 e. The highest BCUT2D eigenvalue weighted by molar-refractivity contribution is 4.88. The Morgan fingerprint density at radius 2 is 1.75 bits per heavy atom. The van der Waals surface area contributed by atoms with Crippen molar-refractivity contribution in [3.05, 3.63) is 11.4 Å². The Morgan fingerprint density at radius 1 is 1.25 bits per heavy atom. The van der Waals surface area contributed by atoms with Crippen LogP contribution in [0.5, 0.6) is 0 Å². The molecule has 0 bridgehead atoms. The van der Waals surface area contributed by atoms with Crippen LogP contribution >= 0.6 is 0 Å². The van der Waals surface area contributed by atoms with Crippen molar-refractivity contribution in [1.82, 2.24) is 4.90 Å². The van der Waals surface area contributed by atoms with Crippen molar-refractivity contribution in [2.24, 2.45) is 0 Å². The lowest BCUT2D eigenvalue weighted by Gasteiger charge is -2.38. The number of likely N-dealkylation sites (tertiary alicyclic amines) is 1. The maximum absolute atomic E-state index is 6.93. The van der Waals surface area contributed by atoms with E-state index >= 15 is 0 Å². The fraction of sp³-hybridized carbons (Fsp3) is 0.900. The van der Waals surface area contributed by atoms with Crippen LogP contribution in [-0.4, -0.2) is 29.6 Å². The summed E-state index contributed by atoms with van der Waals surface area (Å²) < 4.78 is 0. The van der Waals surface area contributed by atoms with Gasteiger partial charge in [-0.3, -0.25) is 4.90 Å². The fourth-order valence-electron chi connectivity index (χ4n) is 1.67. The largest absolute Gasteiger partial charge is 0.314 e. The first-order chi connectivity index (χ1) is 5.54. The molecule has 1 fully saturated rings. The van der Waals surface area contributed by atoms with Crippen LogP contribution in [0.2, 0.25) is 0 Å². The maximum atomic E-state index is 6.93. The van der Waals surface area contributed by atoms with Crippen molar-refractivity contribution in [3.63, 3.8) is 0 Å². The SMILES string of the molecule is [C-]#[N+]C1CCN(C(C)(C)C)CC1. The molecule has 68 valence electrons. The highest BCUT2D eigenvalue weighted by Gasteiger charge is 2.28. The number of hydrogen-bond donors (Lipinski definition) is 0. The van der Waals surface area contributed by atoms with Crippen molar-refractivity contribution in [2.75, 3.05) is 13.1 Å². The van der Waals surface area contributed by atoms with E-state index in [1.807, 2.05) is 0 Å². The Morgan fingerprint density at radius 3 is 2.08 bits per heavy atom. The Balaban J connectivity index is 2.42. The van der Waals surface area contributed by atoms with Gasteiger partial charge in [0.15, 0.2) is 0 Å². The molecule has 0 aromatic rings. The Labute approximate surface area is 75.4 Å². The van der Waals surface area contributed by atoms with Gasteiger partial charge in [0, 0.05) is 31.5 Å². The molecule has 1 aliphatic rings. The smallest absolute Gasteiger partial charge is 0.226 e. The lowest BCUT2D eigenvalue weighted by Crippen LogP contribution is -2.46. The molecule has 2 heteroatoms. The van der Waals surface area contributed by atoms with E-state index in [9.17, 15) is 0 Å². The number of rotatable bonds is 0. The second-order valence-electron chi connectivity index (χ2n) is 4.52. The van der Waals surface area contributed by atoms with Crippen molar-refractivity contribution in [2.45, 2.75) is 45.2 Å². The van der Waals surface area contributed by atoms with Crippen LogP contribution in [0, 0.1) is 6.57 Å². The Hall–Kier alpha value is -0.550. The number of piperidine rings is 1. The summed E-state index contributed by atoms with van der Waals surface area (Å²) in [4.78, 5) is 6.05. The van der Waals surface area contributed by atoms with Crippen LogP contribution in [0.4, 0.5) is 0 Å². The molecule has 1 heterocycles. The highest BCUT2D eigenvalue weighted by Crippen LogP contribution is 2.21. The molecule has 0 saturated carbocycles. The monoisotopic (exact) mass is 166 g/mol. The van der Waals surface area contributed by atoms with Crippen molar-refractivity contribution >= 4 is 0 Å². The van der Waals surface area contributed by atoms with Gasteiger partial charge in [0.2, 0.25) is 6.04 Å². The van der Waals surface area contributed by atoms with E-state index in [1.54, 1.807) is 0 Å². The normalized spacial score (nSPS) is 22.2. The highest BCUT2D eigenvalue weighted by atomic mass is 15.2. The average molecular weight is 166 g/mol. The summed E-state index contributed by atoms with van der Waals surface area (Å²) in [7, 11) is 0. The predicted octanol–water partition coefficient (Wildman–Crippen LogP) is 2.17. The summed E-state index contributed by atoms with van der Waals surface area (Å²) in [5.74, 6) is 0. The molecule has 0 aliphatic carbocycles. The third-order valence-corrected chi connectivity index (χ3v) is 2.60. The molecule has 1 saturated heterocycles. The van der Waals surface area contributed by atoms with Crippen molar-refractivity contribution in [1.29, 1.82) is 0 Å². The van der Waals surface area contributed by atoms with E-state index in [0.717, 1.165) is 25.9 Å². The molecule has 1 aliphatic heterocycles. The second-order valence-corrected chi connectivity index (χ2v) is 4.52. The molecule has 0 unspecified atom stereocenters. The van der Waals surface area contributed by atoms with Crippen LogP contribution in [0.25, 0.3) is 4.85 Å². The number of hydrogen-bond acceptors (Lipinski definition) is 1. The fourth-order valence-corrected chi connectivity index (χ4v) is 1.67. The zero-order chi connectivity index (χ0) is 9.19. The predicted molar refractivity (Wildman–Crippen MR) is 51.0 cm³/mol. The van der Waals surface area contributed by atoms with E-state index in [2.05, 4.69) is 30.5 Å². The molecule has 0 spiro atoms. The number of nitrogens with zero attached hydrogens (tertiary/aromatic N) is 2. The molecular formula is C10H18N2. The minimum absolute atomic E-state index is 0.285. The van der Waals surface area contributed by atoms with Crippen LogP contribution in [-0.2, 0) is 0 Å².